The fourth-order valence-electron chi connectivity index (χ4n) is 4.87. The fraction of sp³-hybridized carbons (Fsp3) is 0.345. The van der Waals surface area contributed by atoms with Crippen LogP contribution in [0.3, 0.4) is 0 Å². The predicted octanol–water partition coefficient (Wildman–Crippen LogP) is 4.64. The van der Waals surface area contributed by atoms with Gasteiger partial charge in [0.15, 0.2) is 11.5 Å². The van der Waals surface area contributed by atoms with Crippen LogP contribution in [0.4, 0.5) is 0 Å². The van der Waals surface area contributed by atoms with Gasteiger partial charge >= 0.3 is 0 Å². The minimum atomic E-state index is -0.171. The molecule has 1 aliphatic rings. The summed E-state index contributed by atoms with van der Waals surface area (Å²) in [6.45, 7) is 3.64. The van der Waals surface area contributed by atoms with Crippen LogP contribution in [0.15, 0.2) is 60.7 Å². The van der Waals surface area contributed by atoms with Crippen molar-refractivity contribution in [3.05, 3.63) is 82.9 Å². The lowest BCUT2D eigenvalue weighted by molar-refractivity contribution is 0.0877. The Kier molecular flexibility index (Phi) is 8.00. The lowest BCUT2D eigenvalue weighted by Gasteiger charge is -2.41. The van der Waals surface area contributed by atoms with Gasteiger partial charge in [0, 0.05) is 24.7 Å². The Balaban J connectivity index is 1.65. The number of benzene rings is 3. The van der Waals surface area contributed by atoms with Crippen molar-refractivity contribution in [2.24, 2.45) is 0 Å². The molecule has 1 aliphatic heterocycles. The number of fused-ring (bicyclic) bond motifs is 1. The number of methoxy groups -OCH3 is 4. The molecule has 4 rings (SSSR count). The highest BCUT2D eigenvalue weighted by Crippen LogP contribution is 2.40. The quantitative estimate of drug-likeness (QED) is 0.471. The molecule has 7 nitrogen and oxygen atoms in total. The number of carbonyl (C=O) groups is 1. The second-order valence-corrected chi connectivity index (χ2v) is 8.91. The van der Waals surface area contributed by atoms with Gasteiger partial charge < -0.3 is 24.3 Å². The molecule has 3 aromatic rings. The average Bonchev–Trinajstić information content (AvgIpc) is 2.92. The number of nitrogens with one attached hydrogen (secondary N) is 1. The Hall–Kier alpha value is -3.71. The normalized spacial score (nSPS) is 16.0. The molecule has 0 radical (unpaired) electrons. The van der Waals surface area contributed by atoms with Gasteiger partial charge in [0.1, 0.15) is 11.5 Å². The van der Waals surface area contributed by atoms with E-state index in [0.29, 0.717) is 22.8 Å². The Morgan fingerprint density at radius 1 is 0.889 bits per heavy atom. The first-order valence-corrected chi connectivity index (χ1v) is 12.0. The van der Waals surface area contributed by atoms with Crippen molar-refractivity contribution in [3.63, 3.8) is 0 Å². The second-order valence-electron chi connectivity index (χ2n) is 8.91. The maximum atomic E-state index is 13.1. The van der Waals surface area contributed by atoms with E-state index in [1.54, 1.807) is 52.7 Å². The lowest BCUT2D eigenvalue weighted by atomic mass is 9.87. The molecule has 0 aromatic heterocycles. The van der Waals surface area contributed by atoms with Crippen LogP contribution in [0.5, 0.6) is 23.0 Å². The zero-order chi connectivity index (χ0) is 25.7. The highest BCUT2D eigenvalue weighted by Gasteiger charge is 2.34. The molecule has 0 unspecified atom stereocenters. The van der Waals surface area contributed by atoms with Crippen molar-refractivity contribution < 1.29 is 23.7 Å². The molecule has 3 aromatic carbocycles. The first-order valence-electron chi connectivity index (χ1n) is 12.0. The predicted molar refractivity (Wildman–Crippen MR) is 139 cm³/mol. The Morgan fingerprint density at radius 2 is 1.47 bits per heavy atom. The van der Waals surface area contributed by atoms with E-state index in [9.17, 15) is 4.79 Å². The van der Waals surface area contributed by atoms with Gasteiger partial charge in [-0.15, -0.1) is 0 Å². The third kappa shape index (κ3) is 5.41. The Labute approximate surface area is 212 Å². The molecule has 190 valence electrons. The smallest absolute Gasteiger partial charge is 0.251 e. The molecule has 1 N–H and O–H groups in total. The van der Waals surface area contributed by atoms with Gasteiger partial charge in [-0.3, -0.25) is 9.69 Å². The minimum Gasteiger partial charge on any atom is -0.497 e. The van der Waals surface area contributed by atoms with E-state index in [4.69, 9.17) is 18.9 Å². The Morgan fingerprint density at radius 3 is 2.06 bits per heavy atom. The number of carbonyl (C=O) groups excluding carboxylic acids is 1. The van der Waals surface area contributed by atoms with Crippen LogP contribution < -0.4 is 24.3 Å². The molecule has 0 saturated carbocycles. The first kappa shape index (κ1) is 25.4. The molecule has 2 atom stereocenters. The SMILES string of the molecule is COc1ccc(CN2CCc3cc(OC)c(OC)cc3[C@H]2[C@@H](C)NC(=O)c2ccc(OC)cc2)cc1. The van der Waals surface area contributed by atoms with Crippen LogP contribution in [0.25, 0.3) is 0 Å². The van der Waals surface area contributed by atoms with E-state index in [-0.39, 0.29) is 18.0 Å². The summed E-state index contributed by atoms with van der Waals surface area (Å²) in [6.07, 6.45) is 0.876. The number of hydrogen-bond acceptors (Lipinski definition) is 6. The van der Waals surface area contributed by atoms with Gasteiger partial charge in [0.2, 0.25) is 0 Å². The second kappa shape index (κ2) is 11.4. The molecular formula is C29H34N2O5. The molecule has 0 spiro atoms. The maximum Gasteiger partial charge on any atom is 0.251 e. The summed E-state index contributed by atoms with van der Waals surface area (Å²) in [4.78, 5) is 15.6. The van der Waals surface area contributed by atoms with E-state index >= 15 is 0 Å². The summed E-state index contributed by atoms with van der Waals surface area (Å²) < 4.78 is 21.7. The summed E-state index contributed by atoms with van der Waals surface area (Å²) in [7, 11) is 6.57. The van der Waals surface area contributed by atoms with Gasteiger partial charge in [-0.05, 0) is 78.6 Å². The summed E-state index contributed by atoms with van der Waals surface area (Å²) in [5, 5.41) is 3.23. The number of amides is 1. The van der Waals surface area contributed by atoms with Gasteiger partial charge in [-0.1, -0.05) is 12.1 Å². The zero-order valence-electron chi connectivity index (χ0n) is 21.5. The van der Waals surface area contributed by atoms with Crippen LogP contribution in [0.2, 0.25) is 0 Å². The number of hydrogen-bond donors (Lipinski definition) is 1. The highest BCUT2D eigenvalue weighted by atomic mass is 16.5. The number of nitrogens with zero attached hydrogens (tertiary/aromatic N) is 1. The largest absolute Gasteiger partial charge is 0.497 e. The average molecular weight is 491 g/mol. The maximum absolute atomic E-state index is 13.1. The van der Waals surface area contributed by atoms with E-state index in [0.717, 1.165) is 30.8 Å². The Bertz CT molecular complexity index is 1180. The van der Waals surface area contributed by atoms with E-state index in [2.05, 4.69) is 41.4 Å². The summed E-state index contributed by atoms with van der Waals surface area (Å²) >= 11 is 0. The van der Waals surface area contributed by atoms with Crippen LogP contribution in [-0.2, 0) is 13.0 Å². The number of rotatable bonds is 9. The van der Waals surface area contributed by atoms with Crippen LogP contribution in [0, 0.1) is 0 Å². The van der Waals surface area contributed by atoms with Gasteiger partial charge in [-0.25, -0.2) is 0 Å². The first-order chi connectivity index (χ1) is 17.5. The molecule has 1 amide bonds. The molecular weight excluding hydrogens is 456 g/mol. The summed E-state index contributed by atoms with van der Waals surface area (Å²) in [6, 6.07) is 19.1. The number of ether oxygens (including phenoxy) is 4. The van der Waals surface area contributed by atoms with Crippen molar-refractivity contribution in [3.8, 4) is 23.0 Å². The molecule has 0 aliphatic carbocycles. The molecule has 0 fully saturated rings. The highest BCUT2D eigenvalue weighted by molar-refractivity contribution is 5.94. The standard InChI is InChI=1S/C29H34N2O5/c1-19(30-29(32)21-8-12-24(34-3)13-9-21)28-25-17-27(36-5)26(35-4)16-22(25)14-15-31(28)18-20-6-10-23(33-2)11-7-20/h6-13,16-17,19,28H,14-15,18H2,1-5H3,(H,30,32)/t19-,28-/m1/s1. The molecule has 1 heterocycles. The van der Waals surface area contributed by atoms with Gasteiger partial charge in [0.25, 0.3) is 5.91 Å². The van der Waals surface area contributed by atoms with Gasteiger partial charge in [0.05, 0.1) is 34.5 Å². The van der Waals surface area contributed by atoms with Crippen molar-refractivity contribution >= 4 is 5.91 Å². The van der Waals surface area contributed by atoms with Gasteiger partial charge in [-0.2, -0.15) is 0 Å². The van der Waals surface area contributed by atoms with Crippen molar-refractivity contribution in [2.45, 2.75) is 32.0 Å². The molecule has 0 bridgehead atoms. The third-order valence-electron chi connectivity index (χ3n) is 6.76. The van der Waals surface area contributed by atoms with Crippen LogP contribution >= 0.6 is 0 Å². The van der Waals surface area contributed by atoms with Crippen molar-refractivity contribution in [1.82, 2.24) is 10.2 Å². The molecule has 7 heteroatoms. The van der Waals surface area contributed by atoms with E-state index < -0.39 is 0 Å². The zero-order valence-corrected chi connectivity index (χ0v) is 21.5. The monoisotopic (exact) mass is 490 g/mol. The summed E-state index contributed by atoms with van der Waals surface area (Å²) in [5.41, 5.74) is 4.11. The molecule has 36 heavy (non-hydrogen) atoms. The van der Waals surface area contributed by atoms with E-state index in [1.165, 1.54) is 11.1 Å². The molecule has 0 saturated heterocycles. The fourth-order valence-corrected chi connectivity index (χ4v) is 4.87. The lowest BCUT2D eigenvalue weighted by Crippen LogP contribution is -2.47. The third-order valence-corrected chi connectivity index (χ3v) is 6.76. The van der Waals surface area contributed by atoms with Crippen LogP contribution in [0.1, 0.15) is 40.0 Å². The van der Waals surface area contributed by atoms with Crippen molar-refractivity contribution in [1.29, 1.82) is 0 Å². The van der Waals surface area contributed by atoms with Crippen molar-refractivity contribution in [2.75, 3.05) is 35.0 Å². The minimum absolute atomic E-state index is 0.0575. The van der Waals surface area contributed by atoms with Crippen LogP contribution in [-0.4, -0.2) is 51.8 Å². The summed E-state index contributed by atoms with van der Waals surface area (Å²) in [5.74, 6) is 2.82. The van der Waals surface area contributed by atoms with E-state index in [1.807, 2.05) is 12.1 Å². The topological polar surface area (TPSA) is 69.3 Å².